The van der Waals surface area contributed by atoms with Crippen LogP contribution >= 0.6 is 0 Å². The summed E-state index contributed by atoms with van der Waals surface area (Å²) >= 11 is 0. The van der Waals surface area contributed by atoms with Crippen LogP contribution in [0.25, 0.3) is 5.57 Å². The van der Waals surface area contributed by atoms with Crippen LogP contribution in [0, 0.1) is 0 Å². The van der Waals surface area contributed by atoms with E-state index >= 15 is 0 Å². The van der Waals surface area contributed by atoms with Crippen LogP contribution in [0.3, 0.4) is 0 Å². The van der Waals surface area contributed by atoms with Crippen LogP contribution in [0.5, 0.6) is 0 Å². The van der Waals surface area contributed by atoms with Gasteiger partial charge in [-0.3, -0.25) is 4.68 Å². The molecule has 1 aromatic rings. The summed E-state index contributed by atoms with van der Waals surface area (Å²) in [4.78, 5) is 2.32. The Balaban J connectivity index is 1.38. The molecule has 2 fully saturated rings. The molecule has 2 atom stereocenters. The monoisotopic (exact) mass is 409 g/mol. The average molecular weight is 410 g/mol. The molecule has 0 spiro atoms. The lowest BCUT2D eigenvalue weighted by molar-refractivity contribution is -0.0588. The summed E-state index contributed by atoms with van der Waals surface area (Å²) < 4.78 is 14.1. The molecule has 4 rings (SSSR count). The molecular weight excluding hydrogens is 374 g/mol. The van der Waals surface area contributed by atoms with Crippen molar-refractivity contribution in [2.45, 2.75) is 77.7 Å². The number of rotatable bonds is 6. The van der Waals surface area contributed by atoms with Crippen LogP contribution in [0.1, 0.15) is 58.6 Å². The number of aromatic nitrogens is 2. The summed E-state index contributed by atoms with van der Waals surface area (Å²) in [5.74, 6) is 1.11. The summed E-state index contributed by atoms with van der Waals surface area (Å²) in [5, 5.41) is 4.82. The normalized spacial score (nSPS) is 25.4. The second-order valence-corrected chi connectivity index (χ2v) is 8.95. The zero-order valence-corrected chi connectivity index (χ0v) is 18.6. The summed E-state index contributed by atoms with van der Waals surface area (Å²) in [6.07, 6.45) is 15.3. The second-order valence-electron chi connectivity index (χ2n) is 8.95. The van der Waals surface area contributed by atoms with Crippen LogP contribution < -0.4 is 0 Å². The molecule has 5 heteroatoms. The molecule has 1 aromatic heterocycles. The van der Waals surface area contributed by atoms with Crippen molar-refractivity contribution in [3.05, 3.63) is 59.8 Å². The third-order valence-corrected chi connectivity index (χ3v) is 6.22. The molecule has 0 aromatic carbocycles. The van der Waals surface area contributed by atoms with E-state index < -0.39 is 0 Å². The van der Waals surface area contributed by atoms with Crippen molar-refractivity contribution in [1.29, 1.82) is 0 Å². The van der Waals surface area contributed by atoms with E-state index in [1.807, 2.05) is 10.9 Å². The third kappa shape index (κ3) is 5.07. The smallest absolute Gasteiger partial charge is 0.103 e. The third-order valence-electron chi connectivity index (χ3n) is 6.22. The number of nitrogens with zero attached hydrogens (tertiary/aromatic N) is 3. The van der Waals surface area contributed by atoms with E-state index in [-0.39, 0.29) is 12.2 Å². The molecular formula is C25H35N3O2. The van der Waals surface area contributed by atoms with Crippen LogP contribution in [-0.2, 0) is 16.0 Å². The maximum atomic E-state index is 6.30. The highest BCUT2D eigenvalue weighted by atomic mass is 16.5. The SMILES string of the molecule is C=C(Cn1ccc(C2=CCC(OC3CCCC3)=C(C)C=C2)n1)N1CC(C)OC(C)C1. The van der Waals surface area contributed by atoms with E-state index in [9.17, 15) is 0 Å². The van der Waals surface area contributed by atoms with Crippen LogP contribution in [0.4, 0.5) is 0 Å². The number of morpholine rings is 1. The van der Waals surface area contributed by atoms with Gasteiger partial charge < -0.3 is 14.4 Å². The molecule has 1 aliphatic heterocycles. The Hall–Kier alpha value is -2.27. The molecule has 3 aliphatic rings. The largest absolute Gasteiger partial charge is 0.494 e. The molecule has 1 saturated heterocycles. The fourth-order valence-electron chi connectivity index (χ4n) is 4.60. The van der Waals surface area contributed by atoms with Gasteiger partial charge in [-0.1, -0.05) is 24.8 Å². The molecule has 162 valence electrons. The summed E-state index contributed by atoms with van der Waals surface area (Å²) in [6.45, 7) is 13.2. The maximum Gasteiger partial charge on any atom is 0.103 e. The Morgan fingerprint density at radius 1 is 1.20 bits per heavy atom. The first kappa shape index (κ1) is 21.0. The zero-order valence-electron chi connectivity index (χ0n) is 18.6. The minimum atomic E-state index is 0.233. The minimum Gasteiger partial charge on any atom is -0.494 e. The lowest BCUT2D eigenvalue weighted by Gasteiger charge is -2.37. The maximum absolute atomic E-state index is 6.30. The first-order chi connectivity index (χ1) is 14.5. The van der Waals surface area contributed by atoms with Gasteiger partial charge in [0.05, 0.1) is 30.6 Å². The number of allylic oxidation sites excluding steroid dienone is 6. The molecule has 30 heavy (non-hydrogen) atoms. The second kappa shape index (κ2) is 9.25. The van der Waals surface area contributed by atoms with Gasteiger partial charge in [0.1, 0.15) is 5.76 Å². The molecule has 2 aliphatic carbocycles. The van der Waals surface area contributed by atoms with Crippen molar-refractivity contribution in [3.63, 3.8) is 0 Å². The van der Waals surface area contributed by atoms with E-state index in [0.29, 0.717) is 12.6 Å². The average Bonchev–Trinajstić information content (AvgIpc) is 3.34. The highest BCUT2D eigenvalue weighted by molar-refractivity contribution is 5.73. The lowest BCUT2D eigenvalue weighted by atomic mass is 10.1. The van der Waals surface area contributed by atoms with Gasteiger partial charge in [0, 0.05) is 31.4 Å². The predicted octanol–water partition coefficient (Wildman–Crippen LogP) is 5.08. The lowest BCUT2D eigenvalue weighted by Crippen LogP contribution is -2.45. The Morgan fingerprint density at radius 2 is 1.93 bits per heavy atom. The summed E-state index contributed by atoms with van der Waals surface area (Å²) in [7, 11) is 0. The molecule has 2 heterocycles. The van der Waals surface area contributed by atoms with Gasteiger partial charge >= 0.3 is 0 Å². The molecule has 1 saturated carbocycles. The van der Waals surface area contributed by atoms with Gasteiger partial charge in [0.25, 0.3) is 0 Å². The number of hydrogen-bond acceptors (Lipinski definition) is 4. The molecule has 0 bridgehead atoms. The van der Waals surface area contributed by atoms with Crippen molar-refractivity contribution < 1.29 is 9.47 Å². The van der Waals surface area contributed by atoms with Crippen LogP contribution in [0.15, 0.2) is 54.1 Å². The molecule has 5 nitrogen and oxygen atoms in total. The molecule has 0 radical (unpaired) electrons. The number of ether oxygens (including phenoxy) is 2. The van der Waals surface area contributed by atoms with Gasteiger partial charge in [-0.2, -0.15) is 5.10 Å². The van der Waals surface area contributed by atoms with E-state index in [4.69, 9.17) is 14.6 Å². The van der Waals surface area contributed by atoms with E-state index in [1.165, 1.54) is 31.3 Å². The Morgan fingerprint density at radius 3 is 2.67 bits per heavy atom. The van der Waals surface area contributed by atoms with Gasteiger partial charge in [0.15, 0.2) is 0 Å². The number of hydrogen-bond donors (Lipinski definition) is 0. The van der Waals surface area contributed by atoms with Crippen molar-refractivity contribution >= 4 is 5.57 Å². The van der Waals surface area contributed by atoms with Gasteiger partial charge in [0.2, 0.25) is 0 Å². The summed E-state index contributed by atoms with van der Waals surface area (Å²) in [6, 6.07) is 2.09. The Labute approximate surface area is 180 Å². The van der Waals surface area contributed by atoms with E-state index in [0.717, 1.165) is 42.2 Å². The Bertz CT molecular complexity index is 847. The zero-order chi connectivity index (χ0) is 21.1. The molecule has 2 unspecified atom stereocenters. The fraction of sp³-hybridized carbons (Fsp3) is 0.560. The predicted molar refractivity (Wildman–Crippen MR) is 121 cm³/mol. The minimum absolute atomic E-state index is 0.233. The van der Waals surface area contributed by atoms with Crippen molar-refractivity contribution in [2.75, 3.05) is 13.1 Å². The highest BCUT2D eigenvalue weighted by Crippen LogP contribution is 2.29. The summed E-state index contributed by atoms with van der Waals surface area (Å²) in [5.41, 5.74) is 4.45. The van der Waals surface area contributed by atoms with Gasteiger partial charge in [-0.25, -0.2) is 0 Å². The van der Waals surface area contributed by atoms with Crippen molar-refractivity contribution in [2.24, 2.45) is 0 Å². The van der Waals surface area contributed by atoms with E-state index in [2.05, 4.69) is 56.5 Å². The Kier molecular flexibility index (Phi) is 6.47. The van der Waals surface area contributed by atoms with Crippen molar-refractivity contribution in [1.82, 2.24) is 14.7 Å². The first-order valence-electron chi connectivity index (χ1n) is 11.3. The van der Waals surface area contributed by atoms with Crippen LogP contribution in [-0.4, -0.2) is 46.1 Å². The van der Waals surface area contributed by atoms with E-state index in [1.54, 1.807) is 0 Å². The van der Waals surface area contributed by atoms with Crippen molar-refractivity contribution in [3.8, 4) is 0 Å². The van der Waals surface area contributed by atoms with Crippen LogP contribution in [0.2, 0.25) is 0 Å². The molecule has 0 amide bonds. The topological polar surface area (TPSA) is 39.5 Å². The fourth-order valence-corrected chi connectivity index (χ4v) is 4.60. The standard InChI is InChI=1S/C25H35N3O2/c1-18-9-10-22(11-12-25(18)30-23-7-5-6-8-23)24-13-14-28(26-24)15-19(2)27-16-20(3)29-21(4)17-27/h9-11,13-14,20-21,23H,2,5-8,12,15-17H2,1,3-4H3. The van der Waals surface area contributed by atoms with Gasteiger partial charge in [-0.15, -0.1) is 0 Å². The first-order valence-corrected chi connectivity index (χ1v) is 11.3. The molecule has 0 N–H and O–H groups in total. The highest BCUT2D eigenvalue weighted by Gasteiger charge is 2.23. The van der Waals surface area contributed by atoms with Gasteiger partial charge in [-0.05, 0) is 63.7 Å². The quantitative estimate of drug-likeness (QED) is 0.657.